The van der Waals surface area contributed by atoms with Crippen LogP contribution >= 0.6 is 0 Å². The third-order valence-corrected chi connectivity index (χ3v) is 4.10. The third-order valence-electron chi connectivity index (χ3n) is 4.10. The number of carbonyl (C=O) groups is 1. The molecule has 2 rings (SSSR count). The first-order valence-corrected chi connectivity index (χ1v) is 7.10. The van der Waals surface area contributed by atoms with Gasteiger partial charge in [-0.1, -0.05) is 19.4 Å². The van der Waals surface area contributed by atoms with Crippen molar-refractivity contribution in [2.75, 3.05) is 0 Å². The third kappa shape index (κ3) is 3.49. The van der Waals surface area contributed by atoms with Crippen molar-refractivity contribution in [1.29, 1.82) is 0 Å². The van der Waals surface area contributed by atoms with Gasteiger partial charge in [0.1, 0.15) is 5.75 Å². The molecule has 3 nitrogen and oxygen atoms in total. The van der Waals surface area contributed by atoms with E-state index in [0.29, 0.717) is 5.56 Å². The van der Waals surface area contributed by atoms with Gasteiger partial charge in [0.2, 0.25) is 0 Å². The van der Waals surface area contributed by atoms with Gasteiger partial charge in [0.15, 0.2) is 0 Å². The highest BCUT2D eigenvalue weighted by Crippen LogP contribution is 2.30. The highest BCUT2D eigenvalue weighted by Gasteiger charge is 2.22. The van der Waals surface area contributed by atoms with Crippen LogP contribution in [0.1, 0.15) is 54.9 Å². The summed E-state index contributed by atoms with van der Waals surface area (Å²) in [4.78, 5) is 11.0. The number of rotatable bonds is 4. The predicted octanol–water partition coefficient (Wildman–Crippen LogP) is 4.04. The largest absolute Gasteiger partial charge is 0.490 e. The smallest absolute Gasteiger partial charge is 0.335 e. The quantitative estimate of drug-likeness (QED) is 0.890. The van der Waals surface area contributed by atoms with E-state index in [1.807, 2.05) is 13.0 Å². The molecule has 0 radical (unpaired) electrons. The zero-order valence-electron chi connectivity index (χ0n) is 11.7. The maximum absolute atomic E-state index is 11.0. The molecule has 1 fully saturated rings. The summed E-state index contributed by atoms with van der Waals surface area (Å²) in [6, 6.07) is 5.08. The molecule has 104 valence electrons. The number of carboxylic acid groups (broad SMARTS) is 1. The zero-order valence-corrected chi connectivity index (χ0v) is 11.7. The van der Waals surface area contributed by atoms with Crippen LogP contribution < -0.4 is 4.74 Å². The average Bonchev–Trinajstić information content (AvgIpc) is 2.42. The molecule has 1 aliphatic carbocycles. The number of hydrogen-bond acceptors (Lipinski definition) is 2. The van der Waals surface area contributed by atoms with Crippen LogP contribution in [0.4, 0.5) is 0 Å². The molecule has 1 N–H and O–H groups in total. The summed E-state index contributed by atoms with van der Waals surface area (Å²) < 4.78 is 6.01. The summed E-state index contributed by atoms with van der Waals surface area (Å²) in [5.74, 6) is 0.658. The van der Waals surface area contributed by atoms with Crippen LogP contribution in [0.25, 0.3) is 0 Å². The molecule has 0 aliphatic heterocycles. The summed E-state index contributed by atoms with van der Waals surface area (Å²) in [6.45, 7) is 4.20. The average molecular weight is 262 g/mol. The summed E-state index contributed by atoms with van der Waals surface area (Å²) >= 11 is 0. The first-order chi connectivity index (χ1) is 9.10. The fourth-order valence-electron chi connectivity index (χ4n) is 2.70. The minimum absolute atomic E-state index is 0.241. The second-order valence-corrected chi connectivity index (χ2v) is 5.45. The van der Waals surface area contributed by atoms with E-state index in [1.165, 1.54) is 19.3 Å². The van der Waals surface area contributed by atoms with Crippen LogP contribution in [0.15, 0.2) is 18.2 Å². The fraction of sp³-hybridized carbons (Fsp3) is 0.562. The van der Waals surface area contributed by atoms with Crippen molar-refractivity contribution < 1.29 is 14.6 Å². The summed E-state index contributed by atoms with van der Waals surface area (Å²) in [5, 5.41) is 9.02. The number of ether oxygens (including phenoxy) is 1. The SMILES string of the molecule is CCC1CCC(Oc2cc(C(=O)O)ccc2C)CC1. The van der Waals surface area contributed by atoms with Crippen molar-refractivity contribution in [2.45, 2.75) is 52.1 Å². The van der Waals surface area contributed by atoms with Crippen molar-refractivity contribution in [3.05, 3.63) is 29.3 Å². The molecule has 0 aromatic heterocycles. The van der Waals surface area contributed by atoms with Gasteiger partial charge in [-0.05, 0) is 56.2 Å². The highest BCUT2D eigenvalue weighted by molar-refractivity contribution is 5.88. The van der Waals surface area contributed by atoms with E-state index in [2.05, 4.69) is 6.92 Å². The Hall–Kier alpha value is -1.51. The Morgan fingerprint density at radius 1 is 1.32 bits per heavy atom. The standard InChI is InChI=1S/C16H22O3/c1-3-12-5-8-14(9-6-12)19-15-10-13(16(17)18)7-4-11(15)2/h4,7,10,12,14H,3,5-6,8-9H2,1-2H3,(H,17,18). The van der Waals surface area contributed by atoms with Crippen molar-refractivity contribution in [3.8, 4) is 5.75 Å². The van der Waals surface area contributed by atoms with Gasteiger partial charge in [0, 0.05) is 0 Å². The lowest BCUT2D eigenvalue weighted by atomic mass is 9.86. The van der Waals surface area contributed by atoms with Gasteiger partial charge in [-0.2, -0.15) is 0 Å². The molecule has 0 atom stereocenters. The highest BCUT2D eigenvalue weighted by atomic mass is 16.5. The normalized spacial score (nSPS) is 23.1. The van der Waals surface area contributed by atoms with Crippen LogP contribution in [0.5, 0.6) is 5.75 Å². The van der Waals surface area contributed by atoms with E-state index in [-0.39, 0.29) is 6.10 Å². The van der Waals surface area contributed by atoms with Crippen LogP contribution in [0.3, 0.4) is 0 Å². The second kappa shape index (κ2) is 6.09. The molecule has 19 heavy (non-hydrogen) atoms. The predicted molar refractivity (Wildman–Crippen MR) is 74.8 cm³/mol. The van der Waals surface area contributed by atoms with Gasteiger partial charge in [-0.15, -0.1) is 0 Å². The molecule has 0 bridgehead atoms. The molecule has 3 heteroatoms. The van der Waals surface area contributed by atoms with Gasteiger partial charge < -0.3 is 9.84 Å². The lowest BCUT2D eigenvalue weighted by Crippen LogP contribution is -2.24. The minimum Gasteiger partial charge on any atom is -0.490 e. The molecule has 1 saturated carbocycles. The lowest BCUT2D eigenvalue weighted by molar-refractivity contribution is 0.0695. The zero-order chi connectivity index (χ0) is 13.8. The topological polar surface area (TPSA) is 46.5 Å². The summed E-state index contributed by atoms with van der Waals surface area (Å²) in [6.07, 6.45) is 6.09. The number of carboxylic acids is 1. The van der Waals surface area contributed by atoms with Crippen LogP contribution in [0.2, 0.25) is 0 Å². The lowest BCUT2D eigenvalue weighted by Gasteiger charge is -2.28. The molecule has 0 spiro atoms. The van der Waals surface area contributed by atoms with E-state index in [0.717, 1.165) is 30.1 Å². The maximum Gasteiger partial charge on any atom is 0.335 e. The summed E-state index contributed by atoms with van der Waals surface area (Å²) in [5.41, 5.74) is 1.30. The Bertz CT molecular complexity index is 445. The van der Waals surface area contributed by atoms with Crippen molar-refractivity contribution in [3.63, 3.8) is 0 Å². The number of hydrogen-bond donors (Lipinski definition) is 1. The number of benzene rings is 1. The van der Waals surface area contributed by atoms with E-state index in [1.54, 1.807) is 12.1 Å². The van der Waals surface area contributed by atoms with Gasteiger partial charge in [-0.3, -0.25) is 0 Å². The van der Waals surface area contributed by atoms with Crippen LogP contribution in [-0.4, -0.2) is 17.2 Å². The van der Waals surface area contributed by atoms with E-state index in [4.69, 9.17) is 9.84 Å². The monoisotopic (exact) mass is 262 g/mol. The molecule has 0 unspecified atom stereocenters. The van der Waals surface area contributed by atoms with Crippen molar-refractivity contribution in [2.24, 2.45) is 5.92 Å². The molecular weight excluding hydrogens is 240 g/mol. The van der Waals surface area contributed by atoms with Gasteiger partial charge in [0.25, 0.3) is 0 Å². The first kappa shape index (κ1) is 13.9. The molecule has 0 amide bonds. The van der Waals surface area contributed by atoms with Crippen LogP contribution in [-0.2, 0) is 0 Å². The van der Waals surface area contributed by atoms with Crippen molar-refractivity contribution in [1.82, 2.24) is 0 Å². The number of aromatic carboxylic acids is 1. The van der Waals surface area contributed by atoms with E-state index >= 15 is 0 Å². The van der Waals surface area contributed by atoms with Crippen molar-refractivity contribution >= 4 is 5.97 Å². The van der Waals surface area contributed by atoms with Gasteiger partial charge >= 0.3 is 5.97 Å². The van der Waals surface area contributed by atoms with Gasteiger partial charge in [0.05, 0.1) is 11.7 Å². The molecule has 0 heterocycles. The molecule has 1 aromatic carbocycles. The second-order valence-electron chi connectivity index (χ2n) is 5.45. The maximum atomic E-state index is 11.0. The Balaban J connectivity index is 2.03. The molecule has 1 aromatic rings. The van der Waals surface area contributed by atoms with Crippen LogP contribution in [0, 0.1) is 12.8 Å². The number of aryl methyl sites for hydroxylation is 1. The van der Waals surface area contributed by atoms with E-state index < -0.39 is 5.97 Å². The fourth-order valence-corrected chi connectivity index (χ4v) is 2.70. The van der Waals surface area contributed by atoms with Gasteiger partial charge in [-0.25, -0.2) is 4.79 Å². The van der Waals surface area contributed by atoms with E-state index in [9.17, 15) is 4.79 Å². The Morgan fingerprint density at radius 2 is 2.00 bits per heavy atom. The molecule has 0 saturated heterocycles. The Labute approximate surface area is 114 Å². The first-order valence-electron chi connectivity index (χ1n) is 7.10. The summed E-state index contributed by atoms with van der Waals surface area (Å²) in [7, 11) is 0. The Morgan fingerprint density at radius 3 is 2.58 bits per heavy atom. The minimum atomic E-state index is -0.903. The Kier molecular flexibility index (Phi) is 4.46. The molecular formula is C16H22O3. The molecule has 1 aliphatic rings.